The van der Waals surface area contributed by atoms with E-state index in [9.17, 15) is 9.90 Å². The second kappa shape index (κ2) is 10.5. The fraction of sp³-hybridized carbons (Fsp3) is 0.552. The molecule has 1 amide bonds. The maximum absolute atomic E-state index is 13.3. The van der Waals surface area contributed by atoms with Gasteiger partial charge in [-0.15, -0.1) is 0 Å². The zero-order valence-electron chi connectivity index (χ0n) is 21.1. The molecule has 36 heavy (non-hydrogen) atoms. The number of ether oxygens (including phenoxy) is 1. The van der Waals surface area contributed by atoms with E-state index in [1.807, 2.05) is 30.1 Å². The number of carbonyl (C=O) groups is 1. The Hall–Kier alpha value is -1.79. The molecule has 1 N–H and O–H groups in total. The number of aliphatic hydroxyl groups is 1. The van der Waals surface area contributed by atoms with Crippen LogP contribution in [0.4, 0.5) is 0 Å². The highest BCUT2D eigenvalue weighted by Gasteiger charge is 2.53. The molecule has 5 nitrogen and oxygen atoms in total. The van der Waals surface area contributed by atoms with Crippen molar-refractivity contribution in [1.82, 2.24) is 9.80 Å². The van der Waals surface area contributed by atoms with Crippen LogP contribution in [-0.4, -0.2) is 66.8 Å². The minimum atomic E-state index is -0.475. The molecule has 4 atom stereocenters. The molecule has 1 heterocycles. The molecule has 1 aliphatic heterocycles. The first-order chi connectivity index (χ1) is 17.3. The van der Waals surface area contributed by atoms with E-state index in [0.717, 1.165) is 49.7 Å². The maximum Gasteiger partial charge on any atom is 0.226 e. The molecule has 2 aromatic rings. The molecule has 2 saturated carbocycles. The molecule has 2 aliphatic carbocycles. The number of likely N-dealkylation sites (tertiary alicyclic amines) is 1. The summed E-state index contributed by atoms with van der Waals surface area (Å²) >= 11 is 12.2. The van der Waals surface area contributed by atoms with E-state index in [4.69, 9.17) is 27.9 Å². The second-order valence-corrected chi connectivity index (χ2v) is 11.9. The Bertz CT molecular complexity index is 1110. The number of fused-ring (bicyclic) bond motifs is 1. The van der Waals surface area contributed by atoms with Gasteiger partial charge in [-0.25, -0.2) is 0 Å². The van der Waals surface area contributed by atoms with Crippen LogP contribution >= 0.6 is 23.2 Å². The number of amides is 1. The van der Waals surface area contributed by atoms with Crippen molar-refractivity contribution >= 4 is 29.1 Å². The molecule has 1 saturated heterocycles. The smallest absolute Gasteiger partial charge is 0.226 e. The van der Waals surface area contributed by atoms with E-state index in [0.29, 0.717) is 16.5 Å². The molecule has 0 bridgehead atoms. The highest BCUT2D eigenvalue weighted by atomic mass is 35.5. The van der Waals surface area contributed by atoms with Crippen molar-refractivity contribution < 1.29 is 14.6 Å². The van der Waals surface area contributed by atoms with E-state index in [1.54, 1.807) is 19.2 Å². The first kappa shape index (κ1) is 25.8. The number of hydrogen-bond acceptors (Lipinski definition) is 4. The third-order valence-electron chi connectivity index (χ3n) is 8.76. The van der Waals surface area contributed by atoms with Crippen LogP contribution in [0.25, 0.3) is 0 Å². The molecule has 3 aliphatic rings. The lowest BCUT2D eigenvalue weighted by molar-refractivity contribution is -0.135. The zero-order valence-corrected chi connectivity index (χ0v) is 22.6. The van der Waals surface area contributed by atoms with Gasteiger partial charge in [-0.2, -0.15) is 0 Å². The van der Waals surface area contributed by atoms with Gasteiger partial charge in [0.05, 0.1) is 29.7 Å². The Balaban J connectivity index is 1.40. The fourth-order valence-electron chi connectivity index (χ4n) is 6.47. The third kappa shape index (κ3) is 5.26. The van der Waals surface area contributed by atoms with Crippen LogP contribution in [0.15, 0.2) is 42.5 Å². The zero-order chi connectivity index (χ0) is 25.4. The quantitative estimate of drug-likeness (QED) is 0.534. The Kier molecular flexibility index (Phi) is 7.56. The highest BCUT2D eigenvalue weighted by Crippen LogP contribution is 2.51. The molecular formula is C29H36Cl2N2O3. The van der Waals surface area contributed by atoms with Crippen molar-refractivity contribution in [3.63, 3.8) is 0 Å². The summed E-state index contributed by atoms with van der Waals surface area (Å²) in [5, 5.41) is 12.5. The van der Waals surface area contributed by atoms with Gasteiger partial charge in [-0.3, -0.25) is 4.79 Å². The Morgan fingerprint density at radius 2 is 2.00 bits per heavy atom. The number of benzene rings is 2. The van der Waals surface area contributed by atoms with Gasteiger partial charge in [-0.1, -0.05) is 41.4 Å². The van der Waals surface area contributed by atoms with Gasteiger partial charge in [0.1, 0.15) is 5.75 Å². The first-order valence-corrected chi connectivity index (χ1v) is 13.8. The molecule has 3 fully saturated rings. The van der Waals surface area contributed by atoms with Gasteiger partial charge in [0.25, 0.3) is 0 Å². The molecular weight excluding hydrogens is 495 g/mol. The van der Waals surface area contributed by atoms with E-state index < -0.39 is 6.10 Å². The summed E-state index contributed by atoms with van der Waals surface area (Å²) in [5.41, 5.74) is 1.85. The summed E-state index contributed by atoms with van der Waals surface area (Å²) in [4.78, 5) is 17.7. The minimum Gasteiger partial charge on any atom is -0.497 e. The number of nitrogens with zero attached hydrogens (tertiary/aromatic N) is 2. The predicted molar refractivity (Wildman–Crippen MR) is 144 cm³/mol. The average Bonchev–Trinajstić information content (AvgIpc) is 3.70. The summed E-state index contributed by atoms with van der Waals surface area (Å²) in [6.45, 7) is 3.07. The SMILES string of the molecule is COc1cccc(C23CCN(CC4CC4)CC2C(O)CC(N(C)C(=O)Cc2ccc(Cl)c(Cl)c2)C3)c1. The van der Waals surface area contributed by atoms with Crippen molar-refractivity contribution in [2.24, 2.45) is 11.8 Å². The van der Waals surface area contributed by atoms with Crippen LogP contribution in [0.2, 0.25) is 10.0 Å². The summed E-state index contributed by atoms with van der Waals surface area (Å²) in [6.07, 6.45) is 4.85. The van der Waals surface area contributed by atoms with Crippen LogP contribution in [0.5, 0.6) is 5.75 Å². The van der Waals surface area contributed by atoms with Gasteiger partial charge in [0.15, 0.2) is 0 Å². The Morgan fingerprint density at radius 3 is 2.72 bits per heavy atom. The molecule has 7 heteroatoms. The van der Waals surface area contributed by atoms with Crippen LogP contribution in [0, 0.1) is 11.8 Å². The summed E-state index contributed by atoms with van der Waals surface area (Å²) in [7, 11) is 3.57. The normalized spacial score (nSPS) is 28.4. The van der Waals surface area contributed by atoms with Gasteiger partial charge in [-0.05, 0) is 80.0 Å². The lowest BCUT2D eigenvalue weighted by Gasteiger charge is -2.56. The molecule has 4 unspecified atom stereocenters. The summed E-state index contributed by atoms with van der Waals surface area (Å²) in [5.74, 6) is 1.82. The second-order valence-electron chi connectivity index (χ2n) is 11.0. The number of methoxy groups -OCH3 is 1. The molecule has 0 radical (unpaired) electrons. The summed E-state index contributed by atoms with van der Waals surface area (Å²) < 4.78 is 5.57. The Labute approximate surface area is 224 Å². The molecule has 0 aromatic heterocycles. The number of piperidine rings is 1. The van der Waals surface area contributed by atoms with Crippen LogP contribution < -0.4 is 4.74 Å². The average molecular weight is 532 g/mol. The van der Waals surface area contributed by atoms with Crippen LogP contribution in [0.1, 0.15) is 43.2 Å². The number of hydrogen-bond donors (Lipinski definition) is 1. The topological polar surface area (TPSA) is 53.0 Å². The standard InChI is InChI=1S/C29H36Cl2N2O3/c1-32(28(35)13-20-8-9-25(30)26(31)12-20)22-15-27(34)24-18-33(17-19-6-7-19)11-10-29(24,16-22)21-4-3-5-23(14-21)36-2/h3-5,8-9,12,14,19,22,24,27,34H,6-7,10-11,13,15-18H2,1-2H3. The largest absolute Gasteiger partial charge is 0.497 e. The van der Waals surface area contributed by atoms with E-state index in [1.165, 1.54) is 18.4 Å². The lowest BCUT2D eigenvalue weighted by Crippen LogP contribution is -2.61. The summed E-state index contributed by atoms with van der Waals surface area (Å²) in [6, 6.07) is 13.6. The lowest BCUT2D eigenvalue weighted by atomic mass is 9.56. The van der Waals surface area contributed by atoms with E-state index >= 15 is 0 Å². The van der Waals surface area contributed by atoms with Crippen molar-refractivity contribution in [2.75, 3.05) is 33.8 Å². The molecule has 5 rings (SSSR count). The Morgan fingerprint density at radius 1 is 1.19 bits per heavy atom. The number of rotatable bonds is 7. The third-order valence-corrected chi connectivity index (χ3v) is 9.49. The van der Waals surface area contributed by atoms with E-state index in [-0.39, 0.29) is 29.7 Å². The van der Waals surface area contributed by atoms with Crippen molar-refractivity contribution in [3.05, 3.63) is 63.6 Å². The van der Waals surface area contributed by atoms with E-state index in [2.05, 4.69) is 17.0 Å². The minimum absolute atomic E-state index is 0.0241. The number of halogens is 2. The first-order valence-electron chi connectivity index (χ1n) is 13.0. The van der Waals surface area contributed by atoms with Gasteiger partial charge >= 0.3 is 0 Å². The fourth-order valence-corrected chi connectivity index (χ4v) is 6.79. The maximum atomic E-state index is 13.3. The van der Waals surface area contributed by atoms with Gasteiger partial charge in [0, 0.05) is 37.5 Å². The van der Waals surface area contributed by atoms with Crippen LogP contribution in [-0.2, 0) is 16.6 Å². The van der Waals surface area contributed by atoms with Crippen LogP contribution in [0.3, 0.4) is 0 Å². The molecule has 2 aromatic carbocycles. The number of likely N-dealkylation sites (N-methyl/N-ethyl adjacent to an activating group) is 1. The highest BCUT2D eigenvalue weighted by molar-refractivity contribution is 6.42. The number of carbonyl (C=O) groups excluding carboxylic acids is 1. The van der Waals surface area contributed by atoms with Gasteiger partial charge in [0.2, 0.25) is 5.91 Å². The van der Waals surface area contributed by atoms with Crippen molar-refractivity contribution in [1.29, 1.82) is 0 Å². The van der Waals surface area contributed by atoms with Crippen molar-refractivity contribution in [2.45, 2.75) is 56.1 Å². The molecule has 194 valence electrons. The monoisotopic (exact) mass is 530 g/mol. The predicted octanol–water partition coefficient (Wildman–Crippen LogP) is 5.20. The molecule has 0 spiro atoms. The van der Waals surface area contributed by atoms with Crippen molar-refractivity contribution in [3.8, 4) is 5.75 Å². The number of aliphatic hydroxyl groups excluding tert-OH is 1. The van der Waals surface area contributed by atoms with Gasteiger partial charge < -0.3 is 19.6 Å².